The van der Waals surface area contributed by atoms with Crippen molar-refractivity contribution in [2.75, 3.05) is 0 Å². The van der Waals surface area contributed by atoms with Crippen molar-refractivity contribution in [3.8, 4) is 39.5 Å². The van der Waals surface area contributed by atoms with E-state index in [-0.39, 0.29) is 12.4 Å². The molecule has 4 rings (SSSR count). The standard InChI is InChI=1S/C33H27FO5/c1-21(2)32(35)38-28-14-9-25(10-15-28)24-7-5-23(6-8-24)20-37-31-18-13-27(19-30(31)34)26-11-16-29(17-12-26)39-33(36)22(3)4/h5-19H,1,3,20H2,2,4H3. The summed E-state index contributed by atoms with van der Waals surface area (Å²) in [5.41, 5.74) is 4.91. The maximum atomic E-state index is 14.8. The summed E-state index contributed by atoms with van der Waals surface area (Å²) < 4.78 is 30.9. The molecule has 0 unspecified atom stereocenters. The van der Waals surface area contributed by atoms with Crippen LogP contribution in [0.25, 0.3) is 22.3 Å². The van der Waals surface area contributed by atoms with Crippen LogP contribution in [0.15, 0.2) is 115 Å². The van der Waals surface area contributed by atoms with E-state index in [0.29, 0.717) is 28.2 Å². The fourth-order valence-electron chi connectivity index (χ4n) is 3.57. The molecule has 0 aliphatic carbocycles. The summed E-state index contributed by atoms with van der Waals surface area (Å²) in [6.45, 7) is 10.5. The Labute approximate surface area is 226 Å². The number of hydrogen-bond donors (Lipinski definition) is 0. The van der Waals surface area contributed by atoms with Gasteiger partial charge in [0.2, 0.25) is 0 Å². The molecule has 4 aromatic carbocycles. The summed E-state index contributed by atoms with van der Waals surface area (Å²) in [5.74, 6) is -0.452. The van der Waals surface area contributed by atoms with Gasteiger partial charge in [0.15, 0.2) is 11.6 Å². The fourth-order valence-corrected chi connectivity index (χ4v) is 3.57. The second-order valence-corrected chi connectivity index (χ2v) is 9.02. The molecule has 5 nitrogen and oxygen atoms in total. The Morgan fingerprint density at radius 1 is 0.641 bits per heavy atom. The van der Waals surface area contributed by atoms with Gasteiger partial charge in [0.1, 0.15) is 18.1 Å². The number of hydrogen-bond acceptors (Lipinski definition) is 5. The number of benzene rings is 4. The molecule has 0 heterocycles. The van der Waals surface area contributed by atoms with Crippen molar-refractivity contribution in [2.45, 2.75) is 20.5 Å². The largest absolute Gasteiger partial charge is 0.486 e. The van der Waals surface area contributed by atoms with E-state index in [1.165, 1.54) is 6.07 Å². The molecule has 0 radical (unpaired) electrons. The van der Waals surface area contributed by atoms with E-state index in [1.807, 2.05) is 36.4 Å². The molecule has 0 N–H and O–H groups in total. The molecule has 0 amide bonds. The van der Waals surface area contributed by atoms with Crippen LogP contribution in [0.1, 0.15) is 19.4 Å². The minimum atomic E-state index is -0.498. The van der Waals surface area contributed by atoms with Crippen molar-refractivity contribution in [3.05, 3.63) is 127 Å². The summed E-state index contributed by atoms with van der Waals surface area (Å²) in [6, 6.07) is 26.5. The highest BCUT2D eigenvalue weighted by Gasteiger charge is 2.10. The van der Waals surface area contributed by atoms with Gasteiger partial charge in [-0.15, -0.1) is 0 Å². The smallest absolute Gasteiger partial charge is 0.338 e. The lowest BCUT2D eigenvalue weighted by Gasteiger charge is -2.11. The van der Waals surface area contributed by atoms with Gasteiger partial charge in [0.25, 0.3) is 0 Å². The highest BCUT2D eigenvalue weighted by atomic mass is 19.1. The normalized spacial score (nSPS) is 10.4. The van der Waals surface area contributed by atoms with Crippen molar-refractivity contribution in [1.82, 2.24) is 0 Å². The zero-order valence-corrected chi connectivity index (χ0v) is 21.7. The average Bonchev–Trinajstić information content (AvgIpc) is 2.93. The van der Waals surface area contributed by atoms with Gasteiger partial charge in [0, 0.05) is 11.1 Å². The van der Waals surface area contributed by atoms with Crippen LogP contribution in [0, 0.1) is 5.82 Å². The second kappa shape index (κ2) is 12.0. The molecule has 4 aromatic rings. The first-order chi connectivity index (χ1) is 18.7. The molecular weight excluding hydrogens is 495 g/mol. The molecule has 0 aromatic heterocycles. The first-order valence-corrected chi connectivity index (χ1v) is 12.2. The zero-order chi connectivity index (χ0) is 27.9. The van der Waals surface area contributed by atoms with Crippen LogP contribution < -0.4 is 14.2 Å². The topological polar surface area (TPSA) is 61.8 Å². The molecule has 196 valence electrons. The molecule has 6 heteroatoms. The van der Waals surface area contributed by atoms with Crippen LogP contribution in [-0.4, -0.2) is 11.9 Å². The Kier molecular flexibility index (Phi) is 8.37. The van der Waals surface area contributed by atoms with Crippen LogP contribution in [0.5, 0.6) is 17.2 Å². The highest BCUT2D eigenvalue weighted by Crippen LogP contribution is 2.28. The van der Waals surface area contributed by atoms with Crippen LogP contribution in [0.4, 0.5) is 4.39 Å². The Morgan fingerprint density at radius 2 is 1.05 bits per heavy atom. The Morgan fingerprint density at radius 3 is 1.49 bits per heavy atom. The van der Waals surface area contributed by atoms with Gasteiger partial charge in [-0.05, 0) is 78.1 Å². The lowest BCUT2D eigenvalue weighted by molar-refractivity contribution is -0.130. The van der Waals surface area contributed by atoms with E-state index in [0.717, 1.165) is 22.3 Å². The molecule has 0 fully saturated rings. The van der Waals surface area contributed by atoms with E-state index >= 15 is 0 Å². The molecule has 0 aliphatic heterocycles. The second-order valence-electron chi connectivity index (χ2n) is 9.02. The van der Waals surface area contributed by atoms with Crippen LogP contribution in [-0.2, 0) is 16.2 Å². The van der Waals surface area contributed by atoms with E-state index in [4.69, 9.17) is 14.2 Å². The average molecular weight is 523 g/mol. The van der Waals surface area contributed by atoms with Crippen molar-refractivity contribution < 1.29 is 28.2 Å². The predicted octanol–water partition coefficient (Wildman–Crippen LogP) is 7.70. The summed E-state index contributed by atoms with van der Waals surface area (Å²) in [4.78, 5) is 23.3. The molecular formula is C33H27FO5. The maximum absolute atomic E-state index is 14.8. The van der Waals surface area contributed by atoms with E-state index < -0.39 is 17.8 Å². The van der Waals surface area contributed by atoms with E-state index in [2.05, 4.69) is 13.2 Å². The zero-order valence-electron chi connectivity index (χ0n) is 21.7. The third-order valence-electron chi connectivity index (χ3n) is 5.77. The van der Waals surface area contributed by atoms with Gasteiger partial charge in [-0.1, -0.05) is 67.8 Å². The van der Waals surface area contributed by atoms with E-state index in [9.17, 15) is 14.0 Å². The summed E-state index contributed by atoms with van der Waals surface area (Å²) >= 11 is 0. The van der Waals surface area contributed by atoms with Crippen LogP contribution in [0.2, 0.25) is 0 Å². The summed E-state index contributed by atoms with van der Waals surface area (Å²) in [5, 5.41) is 0. The lowest BCUT2D eigenvalue weighted by atomic mass is 10.0. The lowest BCUT2D eigenvalue weighted by Crippen LogP contribution is -2.07. The van der Waals surface area contributed by atoms with Crippen LogP contribution >= 0.6 is 0 Å². The van der Waals surface area contributed by atoms with E-state index in [1.54, 1.807) is 62.4 Å². The number of carbonyl (C=O) groups excluding carboxylic acids is 2. The highest BCUT2D eigenvalue weighted by molar-refractivity contribution is 5.89. The van der Waals surface area contributed by atoms with Gasteiger partial charge >= 0.3 is 11.9 Å². The molecule has 0 saturated carbocycles. The first kappa shape index (κ1) is 27.1. The maximum Gasteiger partial charge on any atom is 0.338 e. The molecule has 39 heavy (non-hydrogen) atoms. The van der Waals surface area contributed by atoms with Gasteiger partial charge in [-0.2, -0.15) is 0 Å². The Bertz CT molecular complexity index is 1520. The minimum Gasteiger partial charge on any atom is -0.486 e. The fraction of sp³-hybridized carbons (Fsp3) is 0.0909. The number of rotatable bonds is 9. The van der Waals surface area contributed by atoms with Crippen molar-refractivity contribution in [1.29, 1.82) is 0 Å². The van der Waals surface area contributed by atoms with Crippen molar-refractivity contribution >= 4 is 11.9 Å². The summed E-state index contributed by atoms with van der Waals surface area (Å²) in [7, 11) is 0. The van der Waals surface area contributed by atoms with Gasteiger partial charge in [-0.3, -0.25) is 0 Å². The monoisotopic (exact) mass is 522 g/mol. The molecule has 0 atom stereocenters. The van der Waals surface area contributed by atoms with Crippen molar-refractivity contribution in [2.24, 2.45) is 0 Å². The quantitative estimate of drug-likeness (QED) is 0.128. The van der Waals surface area contributed by atoms with Gasteiger partial charge in [0.05, 0.1) is 0 Å². The number of esters is 2. The molecule has 0 spiro atoms. The Hall–Kier alpha value is -4.97. The van der Waals surface area contributed by atoms with Gasteiger partial charge in [-0.25, -0.2) is 14.0 Å². The molecule has 0 bridgehead atoms. The third-order valence-corrected chi connectivity index (χ3v) is 5.77. The molecule has 0 saturated heterocycles. The van der Waals surface area contributed by atoms with Gasteiger partial charge < -0.3 is 14.2 Å². The third kappa shape index (κ3) is 7.08. The number of halogens is 1. The Balaban J connectivity index is 1.35. The van der Waals surface area contributed by atoms with Crippen LogP contribution in [0.3, 0.4) is 0 Å². The predicted molar refractivity (Wildman–Crippen MR) is 149 cm³/mol. The summed E-state index contributed by atoms with van der Waals surface area (Å²) in [6.07, 6.45) is 0. The van der Waals surface area contributed by atoms with Crippen molar-refractivity contribution in [3.63, 3.8) is 0 Å². The first-order valence-electron chi connectivity index (χ1n) is 12.2. The SMILES string of the molecule is C=C(C)C(=O)Oc1ccc(-c2ccc(COc3ccc(-c4ccc(OC(=O)C(=C)C)cc4)cc3F)cc2)cc1. The number of ether oxygens (including phenoxy) is 3. The number of carbonyl (C=O) groups is 2. The molecule has 0 aliphatic rings. The minimum absolute atomic E-state index is 0.148.